The van der Waals surface area contributed by atoms with Gasteiger partial charge in [0.25, 0.3) is 5.92 Å². The van der Waals surface area contributed by atoms with E-state index in [1.165, 1.54) is 0 Å². The lowest BCUT2D eigenvalue weighted by Crippen LogP contribution is -1.95. The maximum atomic E-state index is 13.1. The number of hydrogen-bond donors (Lipinski definition) is 0. The Balaban J connectivity index is 1.70. The van der Waals surface area contributed by atoms with Crippen LogP contribution in [0.1, 0.15) is 23.8 Å². The zero-order valence-electron chi connectivity index (χ0n) is 11.7. The molecule has 0 saturated heterocycles. The number of alkyl halides is 2. The first-order valence-corrected chi connectivity index (χ1v) is 6.85. The monoisotopic (exact) mass is 302 g/mol. The molecular weight excluding hydrogens is 290 g/mol. The summed E-state index contributed by atoms with van der Waals surface area (Å²) in [4.78, 5) is 8.13. The molecule has 0 aliphatic heterocycles. The second kappa shape index (κ2) is 4.46. The van der Waals surface area contributed by atoms with Gasteiger partial charge in [0.2, 0.25) is 11.7 Å². The van der Waals surface area contributed by atoms with Crippen LogP contribution in [-0.4, -0.2) is 25.6 Å². The minimum Gasteiger partial charge on any atom is -0.338 e. The molecule has 0 spiro atoms. The molecule has 0 amide bonds. The van der Waals surface area contributed by atoms with Gasteiger partial charge in [0.05, 0.1) is 12.0 Å². The fourth-order valence-electron chi connectivity index (χ4n) is 2.40. The summed E-state index contributed by atoms with van der Waals surface area (Å²) < 4.78 is 33.0. The van der Waals surface area contributed by atoms with Gasteiger partial charge in [-0.2, -0.15) is 4.98 Å². The number of aryl methyl sites for hydroxylation is 1. The van der Waals surface area contributed by atoms with Crippen molar-refractivity contribution >= 4 is 0 Å². The smallest absolute Gasteiger partial charge is 0.260 e. The van der Waals surface area contributed by atoms with Crippen molar-refractivity contribution in [1.82, 2.24) is 19.7 Å². The van der Waals surface area contributed by atoms with Crippen LogP contribution < -0.4 is 0 Å². The van der Waals surface area contributed by atoms with Crippen molar-refractivity contribution in [2.45, 2.75) is 25.2 Å². The number of benzene rings is 1. The molecule has 1 fully saturated rings. The van der Waals surface area contributed by atoms with Crippen LogP contribution in [0.3, 0.4) is 0 Å². The molecule has 1 saturated carbocycles. The molecule has 1 aliphatic rings. The van der Waals surface area contributed by atoms with Gasteiger partial charge in [0.15, 0.2) is 0 Å². The van der Waals surface area contributed by atoms with E-state index in [2.05, 4.69) is 15.1 Å². The Morgan fingerprint density at radius 2 is 2.18 bits per heavy atom. The zero-order chi connectivity index (χ0) is 15.3. The van der Waals surface area contributed by atoms with E-state index in [1.54, 1.807) is 12.5 Å². The third-order valence-electron chi connectivity index (χ3n) is 3.82. The number of hydrogen-bond acceptors (Lipinski definition) is 4. The molecule has 0 N–H and O–H groups in total. The topological polar surface area (TPSA) is 56.7 Å². The van der Waals surface area contributed by atoms with Crippen molar-refractivity contribution in [3.05, 3.63) is 48.4 Å². The fourth-order valence-corrected chi connectivity index (χ4v) is 2.40. The summed E-state index contributed by atoms with van der Waals surface area (Å²) >= 11 is 0. The number of nitrogens with zero attached hydrogens (tertiary/aromatic N) is 4. The van der Waals surface area contributed by atoms with Crippen LogP contribution in [0.4, 0.5) is 8.78 Å². The number of halogens is 2. The second-order valence-corrected chi connectivity index (χ2v) is 5.45. The number of aromatic nitrogens is 4. The maximum Gasteiger partial charge on any atom is 0.260 e. The summed E-state index contributed by atoms with van der Waals surface area (Å²) in [5, 5.41) is 3.82. The van der Waals surface area contributed by atoms with E-state index in [0.717, 1.165) is 11.3 Å². The van der Waals surface area contributed by atoms with Gasteiger partial charge in [-0.05, 0) is 18.6 Å². The van der Waals surface area contributed by atoms with Gasteiger partial charge in [0, 0.05) is 24.4 Å². The first-order valence-electron chi connectivity index (χ1n) is 6.85. The molecule has 2 aromatic heterocycles. The fraction of sp³-hybridized carbons (Fsp3) is 0.267. The Bertz CT molecular complexity index is 826. The molecule has 112 valence electrons. The second-order valence-electron chi connectivity index (χ2n) is 5.45. The average Bonchev–Trinajstić information content (AvgIpc) is 2.98. The lowest BCUT2D eigenvalue weighted by atomic mass is 10.1. The summed E-state index contributed by atoms with van der Waals surface area (Å²) in [6, 6.07) is 5.65. The Morgan fingerprint density at radius 3 is 2.86 bits per heavy atom. The number of imidazole rings is 1. The molecular formula is C15H12F2N4O. The number of rotatable bonds is 3. The van der Waals surface area contributed by atoms with Crippen LogP contribution in [0.15, 0.2) is 41.4 Å². The summed E-state index contributed by atoms with van der Waals surface area (Å²) in [6.07, 6.45) is 4.99. The van der Waals surface area contributed by atoms with E-state index in [-0.39, 0.29) is 12.3 Å². The Kier molecular flexibility index (Phi) is 2.66. The van der Waals surface area contributed by atoms with E-state index >= 15 is 0 Å². The molecule has 0 radical (unpaired) electrons. The van der Waals surface area contributed by atoms with Crippen molar-refractivity contribution in [2.75, 3.05) is 0 Å². The molecule has 1 atom stereocenters. The first-order chi connectivity index (χ1) is 10.5. The van der Waals surface area contributed by atoms with E-state index in [0.29, 0.717) is 11.4 Å². The van der Waals surface area contributed by atoms with Gasteiger partial charge in [-0.25, -0.2) is 13.8 Å². The third-order valence-corrected chi connectivity index (χ3v) is 3.82. The predicted molar refractivity (Wildman–Crippen MR) is 73.9 cm³/mol. The van der Waals surface area contributed by atoms with Gasteiger partial charge in [-0.15, -0.1) is 0 Å². The highest BCUT2D eigenvalue weighted by atomic mass is 19.3. The summed E-state index contributed by atoms with van der Waals surface area (Å²) in [5.41, 5.74) is 2.70. The molecule has 3 aromatic rings. The largest absolute Gasteiger partial charge is 0.338 e. The Labute approximate surface area is 124 Å². The van der Waals surface area contributed by atoms with Crippen LogP contribution in [0.5, 0.6) is 0 Å². The van der Waals surface area contributed by atoms with Crippen molar-refractivity contribution in [3.63, 3.8) is 0 Å². The normalized spacial score (nSPS) is 19.3. The van der Waals surface area contributed by atoms with Crippen molar-refractivity contribution in [2.24, 2.45) is 0 Å². The molecule has 5 nitrogen and oxygen atoms in total. The highest BCUT2D eigenvalue weighted by molar-refractivity contribution is 5.61. The van der Waals surface area contributed by atoms with Crippen LogP contribution in [0.25, 0.3) is 17.1 Å². The van der Waals surface area contributed by atoms with Crippen LogP contribution in [-0.2, 0) is 0 Å². The van der Waals surface area contributed by atoms with E-state index in [9.17, 15) is 8.78 Å². The summed E-state index contributed by atoms with van der Waals surface area (Å²) in [5.74, 6) is -3.32. The molecule has 2 heterocycles. The Morgan fingerprint density at radius 1 is 1.36 bits per heavy atom. The standard InChI is InChI=1S/C15H12F2N4O/c1-9-2-3-10(6-12(9)21-5-4-18-8-21)13-19-14(22-20-13)11-7-15(11,16)17/h2-6,8,11H,7H2,1H3/t11-/m0/s1. The van der Waals surface area contributed by atoms with Gasteiger partial charge in [0.1, 0.15) is 5.92 Å². The first kappa shape index (κ1) is 13.1. The summed E-state index contributed by atoms with van der Waals surface area (Å²) in [6.45, 7) is 1.98. The molecule has 0 unspecified atom stereocenters. The van der Waals surface area contributed by atoms with E-state index in [4.69, 9.17) is 4.52 Å². The lowest BCUT2D eigenvalue weighted by Gasteiger charge is -2.07. The van der Waals surface area contributed by atoms with E-state index in [1.807, 2.05) is 35.9 Å². The van der Waals surface area contributed by atoms with Crippen LogP contribution in [0.2, 0.25) is 0 Å². The maximum absolute atomic E-state index is 13.1. The highest BCUT2D eigenvalue weighted by Crippen LogP contribution is 2.55. The van der Waals surface area contributed by atoms with Gasteiger partial charge >= 0.3 is 0 Å². The SMILES string of the molecule is Cc1ccc(-c2noc([C@@H]3CC3(F)F)n2)cc1-n1ccnc1. The average molecular weight is 302 g/mol. The van der Waals surface area contributed by atoms with Gasteiger partial charge in [-0.3, -0.25) is 0 Å². The Hall–Kier alpha value is -2.57. The molecule has 22 heavy (non-hydrogen) atoms. The zero-order valence-corrected chi connectivity index (χ0v) is 11.7. The molecule has 1 aromatic carbocycles. The van der Waals surface area contributed by atoms with Crippen molar-refractivity contribution in [3.8, 4) is 17.1 Å². The van der Waals surface area contributed by atoms with Crippen molar-refractivity contribution < 1.29 is 13.3 Å². The predicted octanol–water partition coefficient (Wildman–Crippen LogP) is 3.35. The van der Waals surface area contributed by atoms with Gasteiger partial charge in [-0.1, -0.05) is 17.3 Å². The molecule has 0 bridgehead atoms. The lowest BCUT2D eigenvalue weighted by molar-refractivity contribution is 0.106. The van der Waals surface area contributed by atoms with Crippen LogP contribution in [0, 0.1) is 6.92 Å². The van der Waals surface area contributed by atoms with Crippen LogP contribution >= 0.6 is 0 Å². The summed E-state index contributed by atoms with van der Waals surface area (Å²) in [7, 11) is 0. The van der Waals surface area contributed by atoms with Gasteiger partial charge < -0.3 is 9.09 Å². The third kappa shape index (κ3) is 2.09. The highest BCUT2D eigenvalue weighted by Gasteiger charge is 2.61. The quantitative estimate of drug-likeness (QED) is 0.744. The van der Waals surface area contributed by atoms with Crippen molar-refractivity contribution in [1.29, 1.82) is 0 Å². The molecule has 4 rings (SSSR count). The molecule has 1 aliphatic carbocycles. The minimum absolute atomic E-state index is 0.00440. The molecule has 7 heteroatoms. The van der Waals surface area contributed by atoms with E-state index < -0.39 is 11.8 Å². The minimum atomic E-state index is -2.71.